The number of benzene rings is 1. The predicted molar refractivity (Wildman–Crippen MR) is 178 cm³/mol. The monoisotopic (exact) mass is 753 g/mol. The second kappa shape index (κ2) is 13.9. The smallest absolute Gasteiger partial charge is 0.350 e. The summed E-state index contributed by atoms with van der Waals surface area (Å²) in [6, 6.07) is 1.77. The number of phenols is 2. The maximum atomic E-state index is 13.5. The second-order valence-corrected chi connectivity index (χ2v) is 14.7. The molecule has 0 unspecified atom stereocenters. The molecule has 3 aliphatic heterocycles. The van der Waals surface area contributed by atoms with Gasteiger partial charge < -0.3 is 35.9 Å². The predicted octanol–water partition coefficient (Wildman–Crippen LogP) is 1.55. The highest BCUT2D eigenvalue weighted by atomic mass is 35.5. The average molecular weight is 754 g/mol. The third-order valence-corrected chi connectivity index (χ3v) is 11.1. The van der Waals surface area contributed by atoms with Gasteiger partial charge in [0.05, 0.1) is 29.4 Å². The molecule has 18 nitrogen and oxygen atoms in total. The van der Waals surface area contributed by atoms with Gasteiger partial charge in [0.2, 0.25) is 16.4 Å². The van der Waals surface area contributed by atoms with Gasteiger partial charge >= 0.3 is 18.0 Å². The molecule has 5 rings (SSSR count). The van der Waals surface area contributed by atoms with Crippen LogP contribution in [-0.2, 0) is 24.0 Å². The zero-order valence-electron chi connectivity index (χ0n) is 26.5. The van der Waals surface area contributed by atoms with Crippen LogP contribution in [0, 0.1) is 5.92 Å². The lowest BCUT2D eigenvalue weighted by Crippen LogP contribution is -2.60. The minimum Gasteiger partial charge on any atom is -0.504 e. The fraction of sp³-hybridized carbons (Fsp3) is 0.448. The number of Topliss-reactive ketones (excluding diaryl/α,β-unsaturated/α-hetero) is 2. The maximum absolute atomic E-state index is 13.5. The van der Waals surface area contributed by atoms with Crippen molar-refractivity contribution in [2.24, 2.45) is 11.1 Å². The number of β-lactam (4-membered cyclic amide) rings is 1. The van der Waals surface area contributed by atoms with Crippen LogP contribution in [0.3, 0.4) is 0 Å². The van der Waals surface area contributed by atoms with E-state index in [2.05, 4.69) is 15.6 Å². The second-order valence-electron chi connectivity index (χ2n) is 12.0. The van der Waals surface area contributed by atoms with E-state index in [1.165, 1.54) is 35.2 Å². The molecule has 2 aromatic rings. The minimum atomic E-state index is -1.85. The molecule has 0 saturated carbocycles. The number of fused-ring (bicyclic) bond motifs is 1. The van der Waals surface area contributed by atoms with Gasteiger partial charge in [0, 0.05) is 36.9 Å². The standard InChI is InChI=1S/C29H32ClN7O11S2/c1-28(2,24(43)44)48-34-20(15-11-49-26(31)33-15)18(40)10-14-22(42)35-12-29(25(45)46,50-23(14)35)36-8-9-37(27(36)47)32-7-3-4-16(38)13-5-6-17(39)21(41)19(13)30/h5-6,11,14,23,32,39,41H,3-4,7-10,12H2,1-2H3,(H2,31,33)(H,43,44)(H,45,46)/b34-20-/t14-,23-,29-/m1/s1. The van der Waals surface area contributed by atoms with Crippen LogP contribution in [-0.4, -0.2) is 123 Å². The third kappa shape index (κ3) is 6.74. The largest absolute Gasteiger partial charge is 0.504 e. The van der Waals surface area contributed by atoms with Crippen molar-refractivity contribution in [3.63, 3.8) is 0 Å². The van der Waals surface area contributed by atoms with E-state index < -0.39 is 75.1 Å². The number of halogens is 1. The van der Waals surface area contributed by atoms with Gasteiger partial charge in [-0.1, -0.05) is 28.5 Å². The Morgan fingerprint density at radius 2 is 1.92 bits per heavy atom. The number of aliphatic carboxylic acids is 2. The molecule has 21 heteroatoms. The molecule has 1 aromatic carbocycles. The van der Waals surface area contributed by atoms with Crippen LogP contribution in [0.15, 0.2) is 22.7 Å². The highest BCUT2D eigenvalue weighted by molar-refractivity contribution is 8.02. The number of nitrogens with zero attached hydrogens (tertiary/aromatic N) is 5. The molecule has 268 valence electrons. The summed E-state index contributed by atoms with van der Waals surface area (Å²) < 4.78 is 0. The van der Waals surface area contributed by atoms with E-state index in [0.29, 0.717) is 0 Å². The number of carboxylic acids is 2. The molecule has 0 radical (unpaired) electrons. The first-order valence-corrected chi connectivity index (χ1v) is 17.1. The molecular weight excluding hydrogens is 722 g/mol. The molecular formula is C29H32ClN7O11S2. The number of hydrogen-bond acceptors (Lipinski definition) is 15. The van der Waals surface area contributed by atoms with E-state index >= 15 is 0 Å². The van der Waals surface area contributed by atoms with Crippen molar-refractivity contribution in [1.82, 2.24) is 25.2 Å². The molecule has 0 spiro atoms. The van der Waals surface area contributed by atoms with Crippen molar-refractivity contribution in [3.8, 4) is 11.5 Å². The van der Waals surface area contributed by atoms with Crippen LogP contribution in [0.5, 0.6) is 11.5 Å². The Labute approximate surface area is 296 Å². The summed E-state index contributed by atoms with van der Waals surface area (Å²) in [4.78, 5) is 86.7. The Morgan fingerprint density at radius 1 is 1.20 bits per heavy atom. The van der Waals surface area contributed by atoms with Gasteiger partial charge in [-0.2, -0.15) is 0 Å². The number of carbonyl (C=O) groups excluding carboxylic acids is 4. The Bertz CT molecular complexity index is 1800. The first-order valence-electron chi connectivity index (χ1n) is 15.0. The first-order chi connectivity index (χ1) is 23.5. The van der Waals surface area contributed by atoms with Gasteiger partial charge in [0.25, 0.3) is 0 Å². The molecule has 7 N–H and O–H groups in total. The number of thioether (sulfide) groups is 1. The van der Waals surface area contributed by atoms with Crippen LogP contribution in [0.4, 0.5) is 9.93 Å². The molecule has 0 aliphatic carbocycles. The van der Waals surface area contributed by atoms with Crippen LogP contribution in [0.25, 0.3) is 0 Å². The zero-order valence-corrected chi connectivity index (χ0v) is 28.9. The maximum Gasteiger partial charge on any atom is 0.350 e. The number of phenolic OH excluding ortho intramolecular Hbond substituents is 2. The number of hydrogen-bond donors (Lipinski definition) is 6. The van der Waals surface area contributed by atoms with E-state index in [4.69, 9.17) is 22.2 Å². The number of anilines is 1. The lowest BCUT2D eigenvalue weighted by Gasteiger charge is -2.40. The first kappa shape index (κ1) is 36.6. The van der Waals surface area contributed by atoms with Gasteiger partial charge in [-0.05, 0) is 32.4 Å². The summed E-state index contributed by atoms with van der Waals surface area (Å²) in [5.74, 6) is -6.36. The topological polar surface area (TPSA) is 266 Å². The van der Waals surface area contributed by atoms with Crippen LogP contribution in [0.2, 0.25) is 5.02 Å². The van der Waals surface area contributed by atoms with Crippen molar-refractivity contribution in [1.29, 1.82) is 0 Å². The molecule has 0 bridgehead atoms. The highest BCUT2D eigenvalue weighted by Crippen LogP contribution is 2.53. The Kier molecular flexibility index (Phi) is 10.2. The van der Waals surface area contributed by atoms with Crippen molar-refractivity contribution >= 4 is 81.0 Å². The SMILES string of the molecule is CC(C)(O/N=C(\C(=O)C[C@@H]1C(=O)N2C[C@@](C(=O)O)(N3CCN(NCCCC(=O)c4ccc(O)c(O)c4Cl)C3=O)S[C@H]12)c1csc(N)n1)C(=O)O. The molecule has 4 heterocycles. The summed E-state index contributed by atoms with van der Waals surface area (Å²) >= 11 is 7.83. The number of nitrogens with two attached hydrogens (primary N) is 1. The normalized spacial score (nSPS) is 22.1. The zero-order chi connectivity index (χ0) is 36.7. The fourth-order valence-electron chi connectivity index (χ4n) is 5.47. The summed E-state index contributed by atoms with van der Waals surface area (Å²) in [6.07, 6.45) is -0.190. The number of ketones is 2. The fourth-order valence-corrected chi connectivity index (χ4v) is 7.97. The molecule has 3 aliphatic rings. The summed E-state index contributed by atoms with van der Waals surface area (Å²) in [7, 11) is 0. The van der Waals surface area contributed by atoms with Gasteiger partial charge in [0.15, 0.2) is 33.9 Å². The number of nitrogen functional groups attached to an aromatic ring is 1. The number of thiazole rings is 1. The summed E-state index contributed by atoms with van der Waals surface area (Å²) in [5.41, 5.74) is 6.49. The number of urea groups is 1. The number of aromatic nitrogens is 1. The quantitative estimate of drug-likeness (QED) is 0.0376. The number of amides is 3. The number of carbonyl (C=O) groups is 6. The molecule has 3 fully saturated rings. The van der Waals surface area contributed by atoms with Crippen LogP contribution < -0.4 is 11.2 Å². The van der Waals surface area contributed by atoms with E-state index in [0.717, 1.165) is 34.1 Å². The lowest BCUT2D eigenvalue weighted by atomic mass is 9.90. The van der Waals surface area contributed by atoms with E-state index in [9.17, 15) is 49.2 Å². The number of nitrogens with one attached hydrogen (secondary N) is 1. The van der Waals surface area contributed by atoms with Gasteiger partial charge in [0.1, 0.15) is 5.69 Å². The van der Waals surface area contributed by atoms with Crippen LogP contribution in [0.1, 0.15) is 49.2 Å². The number of aromatic hydroxyl groups is 2. The highest BCUT2D eigenvalue weighted by Gasteiger charge is 2.66. The van der Waals surface area contributed by atoms with Crippen LogP contribution >= 0.6 is 34.7 Å². The van der Waals surface area contributed by atoms with Gasteiger partial charge in [-0.15, -0.1) is 11.3 Å². The van der Waals surface area contributed by atoms with E-state index in [-0.39, 0.29) is 66.1 Å². The Balaban J connectivity index is 1.22. The molecule has 50 heavy (non-hydrogen) atoms. The number of hydrazine groups is 1. The number of carboxylic acid groups (broad SMARTS) is 2. The Morgan fingerprint density at radius 3 is 2.56 bits per heavy atom. The van der Waals surface area contributed by atoms with Gasteiger partial charge in [-0.25, -0.2) is 24.8 Å². The third-order valence-electron chi connectivity index (χ3n) is 8.32. The van der Waals surface area contributed by atoms with E-state index in [1.54, 1.807) is 0 Å². The van der Waals surface area contributed by atoms with Gasteiger partial charge in [-0.3, -0.25) is 24.3 Å². The molecule has 3 atom stereocenters. The number of oxime groups is 1. The molecule has 3 amide bonds. The Hall–Kier alpha value is -4.66. The van der Waals surface area contributed by atoms with Crippen molar-refractivity contribution in [3.05, 3.63) is 33.8 Å². The van der Waals surface area contributed by atoms with Crippen molar-refractivity contribution in [2.75, 3.05) is 31.9 Å². The average Bonchev–Trinajstić information content (AvgIpc) is 3.76. The summed E-state index contributed by atoms with van der Waals surface area (Å²) in [6.45, 7) is 2.39. The molecule has 3 saturated heterocycles. The van der Waals surface area contributed by atoms with E-state index in [1.807, 2.05) is 0 Å². The van der Waals surface area contributed by atoms with Crippen molar-refractivity contribution < 1.29 is 54.0 Å². The summed E-state index contributed by atoms with van der Waals surface area (Å²) in [5, 5.41) is 44.5. The minimum absolute atomic E-state index is 0.00353. The number of rotatable bonds is 15. The lowest BCUT2D eigenvalue weighted by molar-refractivity contribution is -0.161. The van der Waals surface area contributed by atoms with Crippen molar-refractivity contribution in [2.45, 2.75) is 49.0 Å². The molecule has 1 aromatic heterocycles.